The number of nitrogens with zero attached hydrogens (tertiary/aromatic N) is 8. The predicted octanol–water partition coefficient (Wildman–Crippen LogP) is 9.40. The Labute approximate surface area is 504 Å². The SMILES string of the molecule is CCc1cccc2cc(O)cc(-c3ncc4c(N5C[C@H]6CC[C@@H](C5)N6C(=O)OC(C)(C)C)nc(OCCN5CCC(COCC(=O)N[C@H](C(=O)N6C[C@H](O)C[C@H]6C(=O)N[C@@H](C)c6ccc(-c7scnc7C)c(Cl)c6)C(C)(C)C)CC5)nc4c3F)c12. The number of aromatic hydroxyl groups is 1. The minimum atomic E-state index is -1.01. The lowest BCUT2D eigenvalue weighted by atomic mass is 9.85. The molecule has 7 heterocycles. The molecule has 2 bridgehead atoms. The van der Waals surface area contributed by atoms with Crippen LogP contribution in [0.2, 0.25) is 5.02 Å². The van der Waals surface area contributed by atoms with Crippen molar-refractivity contribution in [3.8, 4) is 33.5 Å². The number of carbonyl (C=O) groups is 4. The largest absolute Gasteiger partial charge is 0.508 e. The van der Waals surface area contributed by atoms with Crippen LogP contribution < -0.4 is 20.3 Å². The van der Waals surface area contributed by atoms with Crippen LogP contribution in [0.25, 0.3) is 43.4 Å². The topological polar surface area (TPSA) is 225 Å². The monoisotopic (exact) mass is 1200 g/mol. The lowest BCUT2D eigenvalue weighted by Gasteiger charge is -2.42. The van der Waals surface area contributed by atoms with E-state index in [1.165, 1.54) is 16.2 Å². The van der Waals surface area contributed by atoms with E-state index in [-0.39, 0.29) is 73.2 Å². The average molecular weight is 1210 g/mol. The number of ether oxygens (including phenoxy) is 3. The molecular formula is C63H78ClFN10O9S. The average Bonchev–Trinajstić information content (AvgIpc) is 1.73. The molecule has 4 aliphatic rings. The van der Waals surface area contributed by atoms with Crippen molar-refractivity contribution in [2.24, 2.45) is 11.3 Å². The number of fused-ring (bicyclic) bond motifs is 4. The third kappa shape index (κ3) is 13.6. The Kier molecular flexibility index (Phi) is 18.2. The number of piperazine rings is 1. The van der Waals surface area contributed by atoms with Gasteiger partial charge in [0.05, 0.1) is 52.3 Å². The molecule has 0 unspecified atom stereocenters. The van der Waals surface area contributed by atoms with Crippen molar-refractivity contribution >= 4 is 74.2 Å². The van der Waals surface area contributed by atoms with Gasteiger partial charge >= 0.3 is 12.1 Å². The second-order valence-electron chi connectivity index (χ2n) is 25.2. The van der Waals surface area contributed by atoms with E-state index >= 15 is 4.39 Å². The molecule has 0 spiro atoms. The van der Waals surface area contributed by atoms with E-state index in [4.69, 9.17) is 40.8 Å². The molecule has 0 saturated carbocycles. The Morgan fingerprint density at radius 3 is 2.34 bits per heavy atom. The zero-order valence-electron chi connectivity index (χ0n) is 49.9. The summed E-state index contributed by atoms with van der Waals surface area (Å²) in [5.74, 6) is -1.40. The fraction of sp³-hybridized carbons (Fsp3) is 0.524. The number of piperidine rings is 1. The molecule has 85 heavy (non-hydrogen) atoms. The van der Waals surface area contributed by atoms with Crippen LogP contribution in [0, 0.1) is 24.1 Å². The van der Waals surface area contributed by atoms with Gasteiger partial charge < -0.3 is 44.9 Å². The molecule has 0 radical (unpaired) electrons. The van der Waals surface area contributed by atoms with Crippen molar-refractivity contribution in [3.05, 3.63) is 87.9 Å². The van der Waals surface area contributed by atoms with Gasteiger partial charge in [-0.1, -0.05) is 69.6 Å². The van der Waals surface area contributed by atoms with Gasteiger partial charge in [0.2, 0.25) is 17.7 Å². The Morgan fingerprint density at radius 2 is 1.67 bits per heavy atom. The summed E-state index contributed by atoms with van der Waals surface area (Å²) >= 11 is 8.20. The number of aliphatic hydroxyl groups is 1. The molecular weight excluding hydrogens is 1130 g/mol. The number of carbonyl (C=O) groups excluding carboxylic acids is 4. The molecule has 19 nitrogen and oxygen atoms in total. The molecule has 4 amide bonds. The normalized spacial score (nSPS) is 20.3. The molecule has 4 N–H and O–H groups in total. The standard InChI is InChI=1S/C63H78ClFN10O9S/c1-10-38-12-11-13-40-24-43(76)26-46(51(38)40)53-52(65)54-47(28-66-53)57(73-29-41-15-16-42(30-73)75(41)61(81)84-63(7,8)9)71-60(70-54)83-23-22-72-20-18-37(19-21-72)32-82-33-50(78)69-56(62(4,5)6)59(80)74-31-44(77)27-49(74)58(79)68-35(2)39-14-17-45(48(64)25-39)55-36(3)67-34-85-55/h11-14,17,24-26,28,34-35,37,41-42,44,49,56,76-77H,10,15-16,18-23,27,29-33H2,1-9H3,(H,68,79)(H,69,78)/t35-,41-,42+,44+,49-,56+/m0/s1. The molecule has 10 rings (SSSR count). The second-order valence-corrected chi connectivity index (χ2v) is 26.5. The maximum atomic E-state index is 17.4. The molecule has 3 aromatic heterocycles. The van der Waals surface area contributed by atoms with Gasteiger partial charge in [0.1, 0.15) is 53.7 Å². The number of hydrogen-bond acceptors (Lipinski definition) is 16. The van der Waals surface area contributed by atoms with Crippen molar-refractivity contribution < 1.29 is 48.0 Å². The molecule has 0 aliphatic carbocycles. The van der Waals surface area contributed by atoms with Crippen molar-refractivity contribution in [2.75, 3.05) is 64.0 Å². The van der Waals surface area contributed by atoms with E-state index in [2.05, 4.69) is 25.4 Å². The molecule has 454 valence electrons. The molecule has 6 aromatic rings. The molecule has 3 aromatic carbocycles. The summed E-state index contributed by atoms with van der Waals surface area (Å²) in [4.78, 5) is 82.3. The minimum Gasteiger partial charge on any atom is -0.508 e. The Balaban J connectivity index is 0.746. The minimum absolute atomic E-state index is 0.00717. The highest BCUT2D eigenvalue weighted by Crippen LogP contribution is 2.41. The smallest absolute Gasteiger partial charge is 0.410 e. The van der Waals surface area contributed by atoms with E-state index in [0.717, 1.165) is 76.8 Å². The number of thiazole rings is 1. The van der Waals surface area contributed by atoms with Crippen molar-refractivity contribution in [2.45, 2.75) is 143 Å². The quantitative estimate of drug-likeness (QED) is 0.0667. The highest BCUT2D eigenvalue weighted by atomic mass is 35.5. The van der Waals surface area contributed by atoms with Gasteiger partial charge in [-0.2, -0.15) is 9.97 Å². The highest BCUT2D eigenvalue weighted by Gasteiger charge is 2.47. The summed E-state index contributed by atoms with van der Waals surface area (Å²) in [6.45, 7) is 20.0. The molecule has 22 heteroatoms. The molecule has 4 fully saturated rings. The number of pyridine rings is 1. The van der Waals surface area contributed by atoms with Crippen molar-refractivity contribution in [1.82, 2.24) is 45.3 Å². The zero-order valence-corrected chi connectivity index (χ0v) is 51.5. The van der Waals surface area contributed by atoms with Gasteiger partial charge in [0.15, 0.2) is 5.82 Å². The summed E-state index contributed by atoms with van der Waals surface area (Å²) in [7, 11) is 0. The molecule has 4 saturated heterocycles. The molecule has 4 aliphatic heterocycles. The number of aromatic nitrogens is 4. The van der Waals surface area contributed by atoms with Gasteiger partial charge in [-0.3, -0.25) is 29.2 Å². The van der Waals surface area contributed by atoms with E-state index in [1.807, 2.05) is 104 Å². The van der Waals surface area contributed by atoms with E-state index in [0.29, 0.717) is 54.5 Å². The van der Waals surface area contributed by atoms with Crippen molar-refractivity contribution in [1.29, 1.82) is 0 Å². The Hall–Kier alpha value is -6.78. The highest BCUT2D eigenvalue weighted by molar-refractivity contribution is 7.13. The lowest BCUT2D eigenvalue weighted by molar-refractivity contribution is -0.144. The Morgan fingerprint density at radius 1 is 0.929 bits per heavy atom. The number of halogens is 2. The first-order valence-corrected chi connectivity index (χ1v) is 30.8. The molecule has 6 atom stereocenters. The summed E-state index contributed by atoms with van der Waals surface area (Å²) < 4.78 is 35.5. The number of phenolic OH excluding ortho intramolecular Hbond substituents is 1. The van der Waals surface area contributed by atoms with Gasteiger partial charge in [-0.25, -0.2) is 14.2 Å². The van der Waals surface area contributed by atoms with Crippen LogP contribution in [-0.2, 0) is 30.3 Å². The number of hydrogen-bond donors (Lipinski definition) is 4. The van der Waals surface area contributed by atoms with E-state index in [9.17, 15) is 29.4 Å². The summed E-state index contributed by atoms with van der Waals surface area (Å²) in [5, 5.41) is 30.0. The summed E-state index contributed by atoms with van der Waals surface area (Å²) in [5.41, 5.74) is 4.39. The first kappa shape index (κ1) is 61.3. The van der Waals surface area contributed by atoms with Gasteiger partial charge in [0.25, 0.3) is 0 Å². The van der Waals surface area contributed by atoms with Gasteiger partial charge in [-0.15, -0.1) is 11.3 Å². The second kappa shape index (κ2) is 25.3. The van der Waals surface area contributed by atoms with Crippen molar-refractivity contribution in [3.63, 3.8) is 0 Å². The third-order valence-electron chi connectivity index (χ3n) is 16.8. The number of β-amino-alcohol motifs (C(OH)–C–C–N with tert-alkyl or cyclic N) is 1. The fourth-order valence-electron chi connectivity index (χ4n) is 12.4. The van der Waals surface area contributed by atoms with Gasteiger partial charge in [0, 0.05) is 54.9 Å². The fourth-order valence-corrected chi connectivity index (χ4v) is 13.6. The van der Waals surface area contributed by atoms with Crippen LogP contribution in [0.4, 0.5) is 15.0 Å². The number of aryl methyl sites for hydroxylation is 2. The number of phenols is 1. The van der Waals surface area contributed by atoms with Crippen LogP contribution in [0.5, 0.6) is 11.8 Å². The summed E-state index contributed by atoms with van der Waals surface area (Å²) in [6, 6.07) is 11.9. The zero-order chi connectivity index (χ0) is 60.6. The van der Waals surface area contributed by atoms with E-state index < -0.39 is 58.8 Å². The van der Waals surface area contributed by atoms with Crippen LogP contribution in [-0.4, -0.2) is 164 Å². The third-order valence-corrected chi connectivity index (χ3v) is 18.0. The van der Waals surface area contributed by atoms with E-state index in [1.54, 1.807) is 23.8 Å². The predicted molar refractivity (Wildman–Crippen MR) is 325 cm³/mol. The number of aliphatic hydroxyl groups excluding tert-OH is 1. The maximum Gasteiger partial charge on any atom is 0.410 e. The van der Waals surface area contributed by atoms with Crippen LogP contribution in [0.3, 0.4) is 0 Å². The number of amides is 4. The summed E-state index contributed by atoms with van der Waals surface area (Å²) in [6.07, 6.45) is 4.22. The Bertz CT molecular complexity index is 3460. The number of likely N-dealkylation sites (tertiary alicyclic amines) is 2. The van der Waals surface area contributed by atoms with Gasteiger partial charge in [-0.05, 0) is 131 Å². The first-order chi connectivity index (χ1) is 40.4. The van der Waals surface area contributed by atoms with Crippen LogP contribution >= 0.6 is 22.9 Å². The number of benzene rings is 3. The number of rotatable bonds is 17. The first-order valence-electron chi connectivity index (χ1n) is 29.5. The number of anilines is 1. The lowest BCUT2D eigenvalue weighted by Crippen LogP contribution is -2.58. The van der Waals surface area contributed by atoms with Crippen LogP contribution in [0.15, 0.2) is 60.2 Å². The maximum absolute atomic E-state index is 17.4. The van der Waals surface area contributed by atoms with Crippen LogP contribution in [0.1, 0.15) is 110 Å². The number of nitrogens with one attached hydrogen (secondary N) is 2.